The third-order valence-corrected chi connectivity index (χ3v) is 6.83. The predicted octanol–water partition coefficient (Wildman–Crippen LogP) is 5.03. The van der Waals surface area contributed by atoms with E-state index in [-0.39, 0.29) is 6.54 Å². The van der Waals surface area contributed by atoms with Crippen LogP contribution in [0.5, 0.6) is 0 Å². The zero-order valence-corrected chi connectivity index (χ0v) is 19.6. The number of hydrogen-bond donors (Lipinski definition) is 1. The fourth-order valence-electron chi connectivity index (χ4n) is 3.42. The van der Waals surface area contributed by atoms with Gasteiger partial charge in [-0.15, -0.1) is 11.3 Å². The monoisotopic (exact) mass is 487 g/mol. The van der Waals surface area contributed by atoms with Crippen molar-refractivity contribution in [3.05, 3.63) is 89.9 Å². The summed E-state index contributed by atoms with van der Waals surface area (Å²) in [5, 5.41) is 4.08. The lowest BCUT2D eigenvalue weighted by molar-refractivity contribution is -0.116. The van der Waals surface area contributed by atoms with Crippen molar-refractivity contribution in [2.45, 2.75) is 26.8 Å². The largest absolute Gasteiger partial charge is 0.337 e. The highest BCUT2D eigenvalue weighted by molar-refractivity contribution is 7.18. The van der Waals surface area contributed by atoms with Crippen LogP contribution < -0.4 is 16.6 Å². The molecule has 1 N–H and O–H groups in total. The Kier molecular flexibility index (Phi) is 6.24. The predicted molar refractivity (Wildman–Crippen MR) is 131 cm³/mol. The molecule has 164 valence electrons. The molecule has 0 saturated carbocycles. The van der Waals surface area contributed by atoms with Gasteiger partial charge in [-0.05, 0) is 55.3 Å². The van der Waals surface area contributed by atoms with Crippen molar-refractivity contribution < 1.29 is 4.79 Å². The number of nitrogens with zero attached hydrogens (tertiary/aromatic N) is 2. The van der Waals surface area contributed by atoms with Gasteiger partial charge in [0.15, 0.2) is 0 Å². The van der Waals surface area contributed by atoms with Gasteiger partial charge in [0.05, 0.1) is 11.1 Å². The highest BCUT2D eigenvalue weighted by atomic mass is 35.5. The molecule has 4 rings (SSSR count). The van der Waals surface area contributed by atoms with Crippen molar-refractivity contribution in [1.29, 1.82) is 0 Å². The lowest BCUT2D eigenvalue weighted by Crippen LogP contribution is -2.40. The molecule has 6 nitrogen and oxygen atoms in total. The number of halogens is 2. The van der Waals surface area contributed by atoms with E-state index in [2.05, 4.69) is 5.32 Å². The van der Waals surface area contributed by atoms with E-state index in [0.717, 1.165) is 15.0 Å². The molecule has 0 aliphatic heterocycles. The third-order valence-electron chi connectivity index (χ3n) is 5.05. The lowest BCUT2D eigenvalue weighted by Gasteiger charge is -2.13. The number of amides is 1. The number of fused-ring (bicyclic) bond motifs is 1. The average Bonchev–Trinajstić information content (AvgIpc) is 3.19. The Hall–Kier alpha value is -2.87. The maximum Gasteiger partial charge on any atom is 0.337 e. The second kappa shape index (κ2) is 8.94. The van der Waals surface area contributed by atoms with Crippen LogP contribution >= 0.6 is 34.5 Å². The Bertz CT molecular complexity index is 1470. The topological polar surface area (TPSA) is 73.1 Å². The fourth-order valence-corrected chi connectivity index (χ4v) is 4.85. The minimum absolute atomic E-state index is 0.258. The molecule has 1 amide bonds. The molecule has 32 heavy (non-hydrogen) atoms. The molecule has 4 aromatic rings. The molecule has 0 radical (unpaired) electrons. The van der Waals surface area contributed by atoms with Gasteiger partial charge in [-0.2, -0.15) is 0 Å². The van der Waals surface area contributed by atoms with Crippen LogP contribution in [0, 0.1) is 6.92 Å². The van der Waals surface area contributed by atoms with E-state index >= 15 is 0 Å². The van der Waals surface area contributed by atoms with Crippen molar-refractivity contribution >= 4 is 56.3 Å². The highest BCUT2D eigenvalue weighted by Crippen LogP contribution is 2.24. The number of thiophene rings is 1. The van der Waals surface area contributed by atoms with Gasteiger partial charge in [0.2, 0.25) is 5.91 Å². The smallest absolute Gasteiger partial charge is 0.324 e. The van der Waals surface area contributed by atoms with E-state index in [4.69, 9.17) is 23.2 Å². The van der Waals surface area contributed by atoms with Crippen molar-refractivity contribution in [3.63, 3.8) is 0 Å². The van der Waals surface area contributed by atoms with Crippen molar-refractivity contribution in [3.8, 4) is 5.69 Å². The lowest BCUT2D eigenvalue weighted by atomic mass is 10.2. The maximum atomic E-state index is 13.4. The molecular weight excluding hydrogens is 469 g/mol. The molecular formula is C23H19Cl2N3O3S. The SMILES string of the molecule is CCc1cc2c(=O)n(-c3cccc(Cl)c3)c(=O)n(CC(=O)Nc3cc(Cl)ccc3C)c2s1. The van der Waals surface area contributed by atoms with Gasteiger partial charge in [0, 0.05) is 20.6 Å². The molecule has 2 aromatic heterocycles. The number of carbonyl (C=O) groups excluding carboxylic acids is 1. The number of nitrogens with one attached hydrogen (secondary N) is 1. The van der Waals surface area contributed by atoms with E-state index < -0.39 is 17.2 Å². The summed E-state index contributed by atoms with van der Waals surface area (Å²) in [6.07, 6.45) is 0.706. The second-order valence-electron chi connectivity index (χ2n) is 7.28. The zero-order chi connectivity index (χ0) is 23.0. The van der Waals surface area contributed by atoms with Crippen LogP contribution in [0.1, 0.15) is 17.4 Å². The van der Waals surface area contributed by atoms with Gasteiger partial charge in [-0.25, -0.2) is 9.36 Å². The molecule has 0 saturated heterocycles. The highest BCUT2D eigenvalue weighted by Gasteiger charge is 2.19. The normalized spacial score (nSPS) is 11.1. The van der Waals surface area contributed by atoms with Crippen molar-refractivity contribution in [1.82, 2.24) is 9.13 Å². The number of rotatable bonds is 5. The van der Waals surface area contributed by atoms with Gasteiger partial charge >= 0.3 is 5.69 Å². The van der Waals surface area contributed by atoms with E-state index in [1.807, 2.05) is 13.8 Å². The van der Waals surface area contributed by atoms with Gasteiger partial charge in [0.1, 0.15) is 11.4 Å². The Balaban J connectivity index is 1.85. The summed E-state index contributed by atoms with van der Waals surface area (Å²) in [5.74, 6) is -0.401. The standard InChI is InChI=1S/C23H19Cl2N3O3S/c1-3-17-11-18-21(30)28(16-6-4-5-14(24)9-16)23(31)27(22(18)32-17)12-20(29)26-19-10-15(25)8-7-13(19)2/h4-11H,3,12H2,1-2H3,(H,26,29). The molecule has 0 aliphatic rings. The number of aryl methyl sites for hydroxylation is 2. The average molecular weight is 488 g/mol. The van der Waals surface area contributed by atoms with Crippen LogP contribution in [0.15, 0.2) is 58.1 Å². The first-order chi connectivity index (χ1) is 15.3. The number of anilines is 1. The first kappa shape index (κ1) is 22.3. The summed E-state index contributed by atoms with van der Waals surface area (Å²) in [6.45, 7) is 3.56. The number of aromatic nitrogens is 2. The van der Waals surface area contributed by atoms with Crippen LogP contribution in [0.2, 0.25) is 10.0 Å². The van der Waals surface area contributed by atoms with E-state index in [0.29, 0.717) is 38.1 Å². The third kappa shape index (κ3) is 4.24. The molecule has 0 fully saturated rings. The summed E-state index contributed by atoms with van der Waals surface area (Å²) in [6, 6.07) is 13.5. The van der Waals surface area contributed by atoms with Gasteiger partial charge in [0.25, 0.3) is 5.56 Å². The molecule has 0 bridgehead atoms. The number of carbonyl (C=O) groups is 1. The number of hydrogen-bond acceptors (Lipinski definition) is 4. The number of benzene rings is 2. The van der Waals surface area contributed by atoms with Gasteiger partial charge in [-0.3, -0.25) is 14.2 Å². The Morgan fingerprint density at radius 2 is 1.81 bits per heavy atom. The Morgan fingerprint density at radius 1 is 1.06 bits per heavy atom. The summed E-state index contributed by atoms with van der Waals surface area (Å²) in [5.41, 5.74) is 0.709. The van der Waals surface area contributed by atoms with Crippen LogP contribution in [0.4, 0.5) is 5.69 Å². The van der Waals surface area contributed by atoms with Crippen LogP contribution in [0.3, 0.4) is 0 Å². The van der Waals surface area contributed by atoms with Gasteiger partial charge < -0.3 is 5.32 Å². The zero-order valence-electron chi connectivity index (χ0n) is 17.3. The van der Waals surface area contributed by atoms with E-state index in [9.17, 15) is 14.4 Å². The van der Waals surface area contributed by atoms with Gasteiger partial charge in [-0.1, -0.05) is 42.3 Å². The summed E-state index contributed by atoms with van der Waals surface area (Å²) in [7, 11) is 0. The quantitative estimate of drug-likeness (QED) is 0.428. The van der Waals surface area contributed by atoms with Crippen LogP contribution in [0.25, 0.3) is 15.9 Å². The molecule has 2 heterocycles. The molecule has 0 atom stereocenters. The summed E-state index contributed by atoms with van der Waals surface area (Å²) >= 11 is 13.5. The molecule has 9 heteroatoms. The van der Waals surface area contributed by atoms with Crippen molar-refractivity contribution in [2.24, 2.45) is 0 Å². The summed E-state index contributed by atoms with van der Waals surface area (Å²) in [4.78, 5) is 40.9. The van der Waals surface area contributed by atoms with Crippen LogP contribution in [-0.4, -0.2) is 15.0 Å². The molecule has 2 aromatic carbocycles. The maximum absolute atomic E-state index is 13.4. The first-order valence-electron chi connectivity index (χ1n) is 9.88. The Labute approximate surface area is 197 Å². The van der Waals surface area contributed by atoms with E-state index in [1.54, 1.807) is 48.5 Å². The molecule has 0 unspecified atom stereocenters. The first-order valence-corrected chi connectivity index (χ1v) is 11.5. The summed E-state index contributed by atoms with van der Waals surface area (Å²) < 4.78 is 2.38. The Morgan fingerprint density at radius 3 is 2.53 bits per heavy atom. The fraction of sp³-hybridized carbons (Fsp3) is 0.174. The molecule has 0 spiro atoms. The van der Waals surface area contributed by atoms with E-state index in [1.165, 1.54) is 15.9 Å². The molecule has 0 aliphatic carbocycles. The minimum Gasteiger partial charge on any atom is -0.324 e. The second-order valence-corrected chi connectivity index (χ2v) is 9.27. The minimum atomic E-state index is -0.604. The van der Waals surface area contributed by atoms with Crippen molar-refractivity contribution in [2.75, 3.05) is 5.32 Å². The van der Waals surface area contributed by atoms with Crippen LogP contribution in [-0.2, 0) is 17.8 Å².